The lowest BCUT2D eigenvalue weighted by atomic mass is 10.1. The summed E-state index contributed by atoms with van der Waals surface area (Å²) in [5.41, 5.74) is 0.849. The first-order valence-electron chi connectivity index (χ1n) is 11.4. The molecule has 7 nitrogen and oxygen atoms in total. The molecule has 8 heteroatoms. The average molecular weight is 429 g/mol. The lowest BCUT2D eigenvalue weighted by Gasteiger charge is -2.19. The number of benzene rings is 1. The van der Waals surface area contributed by atoms with Crippen molar-refractivity contribution in [2.45, 2.75) is 64.5 Å². The highest BCUT2D eigenvalue weighted by Gasteiger charge is 2.22. The van der Waals surface area contributed by atoms with Gasteiger partial charge in [0.1, 0.15) is 11.6 Å². The van der Waals surface area contributed by atoms with E-state index in [0.717, 1.165) is 36.6 Å². The fourth-order valence-electron chi connectivity index (χ4n) is 3.90. The molecular weight excluding hydrogens is 395 g/mol. The van der Waals surface area contributed by atoms with E-state index in [0.29, 0.717) is 30.8 Å². The predicted octanol–water partition coefficient (Wildman–Crippen LogP) is 3.40. The van der Waals surface area contributed by atoms with Crippen molar-refractivity contribution in [1.82, 2.24) is 25.4 Å². The highest BCUT2D eigenvalue weighted by molar-refractivity contribution is 5.80. The van der Waals surface area contributed by atoms with Crippen LogP contribution in [0.3, 0.4) is 0 Å². The molecule has 2 aromatic rings. The van der Waals surface area contributed by atoms with Crippen molar-refractivity contribution in [2.75, 3.05) is 20.2 Å². The van der Waals surface area contributed by atoms with Crippen LogP contribution < -0.4 is 15.4 Å². The maximum absolute atomic E-state index is 14.4. The predicted molar refractivity (Wildman–Crippen MR) is 119 cm³/mol. The third-order valence-corrected chi connectivity index (χ3v) is 6.03. The van der Waals surface area contributed by atoms with Gasteiger partial charge in [0.25, 0.3) is 0 Å². The molecule has 2 aliphatic rings. The maximum atomic E-state index is 14.4. The molecule has 1 aliphatic heterocycles. The number of aromatic nitrogens is 3. The van der Waals surface area contributed by atoms with Crippen molar-refractivity contribution in [3.8, 4) is 5.75 Å². The average Bonchev–Trinajstić information content (AvgIpc) is 3.57. The van der Waals surface area contributed by atoms with E-state index in [4.69, 9.17) is 4.74 Å². The Labute approximate surface area is 183 Å². The van der Waals surface area contributed by atoms with Gasteiger partial charge in [0.15, 0.2) is 17.5 Å². The smallest absolute Gasteiger partial charge is 0.191 e. The van der Waals surface area contributed by atoms with Crippen LogP contribution in [0.1, 0.15) is 62.3 Å². The van der Waals surface area contributed by atoms with Crippen molar-refractivity contribution in [3.05, 3.63) is 41.2 Å². The van der Waals surface area contributed by atoms with Crippen LogP contribution in [0.5, 0.6) is 5.75 Å². The van der Waals surface area contributed by atoms with Gasteiger partial charge in [-0.25, -0.2) is 4.39 Å². The Morgan fingerprint density at radius 1 is 1.29 bits per heavy atom. The summed E-state index contributed by atoms with van der Waals surface area (Å²) in [5, 5.41) is 15.4. The summed E-state index contributed by atoms with van der Waals surface area (Å²) in [6.07, 6.45) is 7.81. The minimum absolute atomic E-state index is 0.0949. The molecule has 1 aromatic carbocycles. The second-order valence-electron chi connectivity index (χ2n) is 8.55. The number of nitrogens with zero attached hydrogens (tertiary/aromatic N) is 4. The number of aryl methyl sites for hydroxylation is 1. The Bertz CT molecular complexity index is 907. The largest absolute Gasteiger partial charge is 0.490 e. The first kappa shape index (κ1) is 21.6. The highest BCUT2D eigenvalue weighted by Crippen LogP contribution is 2.30. The number of ether oxygens (including phenoxy) is 1. The van der Waals surface area contributed by atoms with E-state index in [1.54, 1.807) is 19.2 Å². The van der Waals surface area contributed by atoms with Crippen LogP contribution in [0.25, 0.3) is 0 Å². The number of guanidine groups is 1. The first-order valence-corrected chi connectivity index (χ1v) is 11.4. The summed E-state index contributed by atoms with van der Waals surface area (Å²) in [7, 11) is 1.74. The van der Waals surface area contributed by atoms with Gasteiger partial charge in [0.2, 0.25) is 0 Å². The molecule has 31 heavy (non-hydrogen) atoms. The highest BCUT2D eigenvalue weighted by atomic mass is 19.1. The van der Waals surface area contributed by atoms with E-state index in [1.807, 2.05) is 13.0 Å². The zero-order valence-corrected chi connectivity index (χ0v) is 18.5. The Kier molecular flexibility index (Phi) is 7.04. The molecule has 4 rings (SSSR count). The minimum atomic E-state index is -0.317. The van der Waals surface area contributed by atoms with Crippen LogP contribution >= 0.6 is 0 Å². The van der Waals surface area contributed by atoms with Gasteiger partial charge < -0.3 is 19.9 Å². The van der Waals surface area contributed by atoms with Crippen LogP contribution in [0, 0.1) is 11.7 Å². The lowest BCUT2D eigenvalue weighted by molar-refractivity contribution is 0.285. The van der Waals surface area contributed by atoms with Gasteiger partial charge in [-0.15, -0.1) is 10.2 Å². The van der Waals surface area contributed by atoms with E-state index in [-0.39, 0.29) is 11.9 Å². The van der Waals surface area contributed by atoms with Crippen LogP contribution in [0.2, 0.25) is 0 Å². The number of nitrogens with one attached hydrogen (secondary N) is 2. The molecule has 1 saturated carbocycles. The number of rotatable bonds is 8. The molecular formula is C23H33FN6O. The molecule has 168 valence electrons. The molecule has 1 aliphatic carbocycles. The monoisotopic (exact) mass is 428 g/mol. The van der Waals surface area contributed by atoms with Gasteiger partial charge in [-0.1, -0.05) is 12.5 Å². The van der Waals surface area contributed by atoms with E-state index in [9.17, 15) is 4.39 Å². The van der Waals surface area contributed by atoms with E-state index < -0.39 is 0 Å². The number of hydrogen-bond acceptors (Lipinski definition) is 4. The van der Waals surface area contributed by atoms with Gasteiger partial charge in [0, 0.05) is 33.0 Å². The molecule has 2 N–H and O–H groups in total. The minimum Gasteiger partial charge on any atom is -0.490 e. The summed E-state index contributed by atoms with van der Waals surface area (Å²) in [5.74, 6) is 3.42. The molecule has 1 unspecified atom stereocenters. The van der Waals surface area contributed by atoms with Crippen molar-refractivity contribution < 1.29 is 9.13 Å². The number of hydrogen-bond donors (Lipinski definition) is 2. The van der Waals surface area contributed by atoms with Gasteiger partial charge in [-0.2, -0.15) is 0 Å². The molecule has 1 fully saturated rings. The SMILES string of the molecule is CN=C(NCCc1nnc2n1CCCCC2)NC(C)c1ccc(OCC2CC2)c(F)c1. The van der Waals surface area contributed by atoms with Gasteiger partial charge in [0.05, 0.1) is 12.6 Å². The van der Waals surface area contributed by atoms with Crippen molar-refractivity contribution in [2.24, 2.45) is 10.9 Å². The Morgan fingerprint density at radius 2 is 2.16 bits per heavy atom. The van der Waals surface area contributed by atoms with Gasteiger partial charge in [-0.05, 0) is 56.2 Å². The zero-order chi connectivity index (χ0) is 21.6. The first-order chi connectivity index (χ1) is 15.1. The van der Waals surface area contributed by atoms with Crippen molar-refractivity contribution in [3.63, 3.8) is 0 Å². The summed E-state index contributed by atoms with van der Waals surface area (Å²) < 4.78 is 22.3. The van der Waals surface area contributed by atoms with E-state index in [1.165, 1.54) is 32.1 Å². The van der Waals surface area contributed by atoms with Crippen LogP contribution in [-0.2, 0) is 19.4 Å². The summed E-state index contributed by atoms with van der Waals surface area (Å²) in [6, 6.07) is 5.07. The topological polar surface area (TPSA) is 76.4 Å². The fraction of sp³-hybridized carbons (Fsp3) is 0.609. The molecule has 1 aromatic heterocycles. The summed E-state index contributed by atoms with van der Waals surface area (Å²) in [6.45, 7) is 4.31. The van der Waals surface area contributed by atoms with Gasteiger partial charge in [-0.3, -0.25) is 4.99 Å². The summed E-state index contributed by atoms with van der Waals surface area (Å²) >= 11 is 0. The molecule has 0 saturated heterocycles. The van der Waals surface area contributed by atoms with Crippen LogP contribution in [0.4, 0.5) is 4.39 Å². The zero-order valence-electron chi connectivity index (χ0n) is 18.5. The molecule has 1 atom stereocenters. The fourth-order valence-corrected chi connectivity index (χ4v) is 3.90. The standard InChI is InChI=1S/C23H33FN6O/c1-16(18-9-10-20(19(24)14-18)31-15-17-7-8-17)27-23(25-2)26-12-11-22-29-28-21-6-4-3-5-13-30(21)22/h9-10,14,16-17H,3-8,11-13,15H2,1-2H3,(H2,25,26,27). The number of aliphatic imine (C=N–C) groups is 1. The molecule has 2 heterocycles. The second-order valence-corrected chi connectivity index (χ2v) is 8.55. The van der Waals surface area contributed by atoms with Crippen molar-refractivity contribution in [1.29, 1.82) is 0 Å². The Morgan fingerprint density at radius 3 is 2.94 bits per heavy atom. The second kappa shape index (κ2) is 10.1. The Balaban J connectivity index is 1.27. The molecule has 0 bridgehead atoms. The quantitative estimate of drug-likeness (QED) is 0.498. The third-order valence-electron chi connectivity index (χ3n) is 6.03. The number of halogens is 1. The third kappa shape index (κ3) is 5.74. The normalized spacial score (nSPS) is 17.6. The van der Waals surface area contributed by atoms with Crippen molar-refractivity contribution >= 4 is 5.96 Å². The molecule has 0 amide bonds. The maximum Gasteiger partial charge on any atom is 0.191 e. The Hall–Kier alpha value is -2.64. The van der Waals surface area contributed by atoms with Crippen LogP contribution in [-0.4, -0.2) is 40.9 Å². The van der Waals surface area contributed by atoms with Crippen LogP contribution in [0.15, 0.2) is 23.2 Å². The van der Waals surface area contributed by atoms with Gasteiger partial charge >= 0.3 is 0 Å². The molecule has 0 spiro atoms. The summed E-state index contributed by atoms with van der Waals surface area (Å²) in [4.78, 5) is 4.30. The van der Waals surface area contributed by atoms with E-state index >= 15 is 0 Å². The number of fused-ring (bicyclic) bond motifs is 1. The lowest BCUT2D eigenvalue weighted by Crippen LogP contribution is -2.39. The van der Waals surface area contributed by atoms with E-state index in [2.05, 4.69) is 30.4 Å². The molecule has 0 radical (unpaired) electrons.